The number of aryl methyl sites for hydroxylation is 2. The van der Waals surface area contributed by atoms with Gasteiger partial charge in [0.15, 0.2) is 0 Å². The topological polar surface area (TPSA) is 67.1 Å². The van der Waals surface area contributed by atoms with Crippen LogP contribution in [0.1, 0.15) is 17.0 Å². The molecular formula is C22H23N5O. The molecule has 4 rings (SSSR count). The maximum atomic E-state index is 5.32. The lowest BCUT2D eigenvalue weighted by molar-refractivity contribution is 0.442. The van der Waals surface area contributed by atoms with Crippen LogP contribution < -0.4 is 10.2 Å². The number of hydrogen-bond donors (Lipinski definition) is 1. The second-order valence-corrected chi connectivity index (χ2v) is 6.78. The van der Waals surface area contributed by atoms with E-state index in [-0.39, 0.29) is 0 Å². The third kappa shape index (κ3) is 3.96. The van der Waals surface area contributed by atoms with E-state index in [1.54, 1.807) is 0 Å². The predicted octanol–water partition coefficient (Wildman–Crippen LogP) is 4.35. The van der Waals surface area contributed by atoms with Crippen molar-refractivity contribution in [2.45, 2.75) is 20.4 Å². The van der Waals surface area contributed by atoms with Crippen LogP contribution in [0.25, 0.3) is 11.1 Å². The average Bonchev–Trinajstić information content (AvgIpc) is 3.09. The lowest BCUT2D eigenvalue weighted by Crippen LogP contribution is -2.29. The number of benzene rings is 1. The lowest BCUT2D eigenvalue weighted by atomic mass is 10.2. The first-order valence-electron chi connectivity index (χ1n) is 9.38. The Labute approximate surface area is 164 Å². The van der Waals surface area contributed by atoms with Crippen LogP contribution >= 0.6 is 0 Å². The van der Waals surface area contributed by atoms with Crippen LogP contribution in [-0.2, 0) is 6.54 Å². The number of aromatic nitrogens is 3. The molecule has 0 saturated carbocycles. The highest BCUT2D eigenvalue weighted by Crippen LogP contribution is 2.26. The number of nitrogens with one attached hydrogen (secondary N) is 1. The van der Waals surface area contributed by atoms with E-state index in [0.29, 0.717) is 5.71 Å². The van der Waals surface area contributed by atoms with Gasteiger partial charge in [0.1, 0.15) is 5.82 Å². The van der Waals surface area contributed by atoms with E-state index in [1.165, 1.54) is 5.56 Å². The fourth-order valence-corrected chi connectivity index (χ4v) is 3.30. The Morgan fingerprint density at radius 1 is 1.04 bits per heavy atom. The number of hydrogen-bond acceptors (Lipinski definition) is 6. The summed E-state index contributed by atoms with van der Waals surface area (Å²) in [6.45, 7) is 6.25. The van der Waals surface area contributed by atoms with Gasteiger partial charge >= 0.3 is 0 Å². The summed E-state index contributed by atoms with van der Waals surface area (Å²) in [7, 11) is 0. The molecule has 0 radical (unpaired) electrons. The van der Waals surface area contributed by atoms with Crippen molar-refractivity contribution in [3.05, 3.63) is 77.7 Å². The molecule has 0 aliphatic carbocycles. The molecule has 0 aliphatic rings. The van der Waals surface area contributed by atoms with Crippen LogP contribution in [0.3, 0.4) is 0 Å². The molecule has 0 saturated heterocycles. The predicted molar refractivity (Wildman–Crippen MR) is 111 cm³/mol. The number of fused-ring (bicyclic) bond motifs is 1. The van der Waals surface area contributed by atoms with Gasteiger partial charge in [0, 0.05) is 31.5 Å². The maximum Gasteiger partial charge on any atom is 0.260 e. The fraction of sp³-hybridized carbons (Fsp3) is 0.227. The summed E-state index contributed by atoms with van der Waals surface area (Å²) in [5.41, 5.74) is 4.57. The summed E-state index contributed by atoms with van der Waals surface area (Å²) in [5, 5.41) is 8.52. The Morgan fingerprint density at radius 3 is 2.64 bits per heavy atom. The summed E-state index contributed by atoms with van der Waals surface area (Å²) in [6, 6.07) is 18.5. The van der Waals surface area contributed by atoms with Crippen molar-refractivity contribution in [2.24, 2.45) is 0 Å². The van der Waals surface area contributed by atoms with E-state index < -0.39 is 0 Å². The van der Waals surface area contributed by atoms with Crippen LogP contribution in [0.15, 0.2) is 65.3 Å². The van der Waals surface area contributed by atoms with Gasteiger partial charge in [-0.05, 0) is 37.6 Å². The Bertz CT molecular complexity index is 1050. The lowest BCUT2D eigenvalue weighted by Gasteiger charge is -2.24. The monoisotopic (exact) mass is 373 g/mol. The third-order valence-electron chi connectivity index (χ3n) is 4.63. The molecule has 142 valence electrons. The van der Waals surface area contributed by atoms with Crippen molar-refractivity contribution >= 4 is 22.6 Å². The fourth-order valence-electron chi connectivity index (χ4n) is 3.30. The van der Waals surface area contributed by atoms with Crippen molar-refractivity contribution in [1.29, 1.82) is 0 Å². The van der Waals surface area contributed by atoms with Gasteiger partial charge in [-0.25, -0.2) is 9.97 Å². The van der Waals surface area contributed by atoms with Gasteiger partial charge in [-0.15, -0.1) is 0 Å². The van der Waals surface area contributed by atoms with Crippen molar-refractivity contribution in [1.82, 2.24) is 15.1 Å². The van der Waals surface area contributed by atoms with Crippen molar-refractivity contribution < 1.29 is 4.52 Å². The van der Waals surface area contributed by atoms with Gasteiger partial charge in [-0.2, -0.15) is 0 Å². The normalized spacial score (nSPS) is 10.9. The summed E-state index contributed by atoms with van der Waals surface area (Å²) in [5.74, 6) is 0.963. The van der Waals surface area contributed by atoms with Crippen LogP contribution in [0, 0.1) is 13.8 Å². The van der Waals surface area contributed by atoms with Gasteiger partial charge in [-0.3, -0.25) is 0 Å². The van der Waals surface area contributed by atoms with Crippen molar-refractivity contribution in [3.8, 4) is 0 Å². The largest absolute Gasteiger partial charge is 0.383 e. The molecular weight excluding hydrogens is 350 g/mol. The summed E-state index contributed by atoms with van der Waals surface area (Å²) < 4.78 is 5.32. The Kier molecular flexibility index (Phi) is 5.19. The molecule has 0 fully saturated rings. The molecule has 0 aliphatic heterocycles. The van der Waals surface area contributed by atoms with E-state index in [4.69, 9.17) is 4.52 Å². The number of anilines is 2. The van der Waals surface area contributed by atoms with Gasteiger partial charge in [0.25, 0.3) is 5.71 Å². The zero-order valence-corrected chi connectivity index (χ0v) is 16.1. The maximum absolute atomic E-state index is 5.32. The zero-order chi connectivity index (χ0) is 19.3. The van der Waals surface area contributed by atoms with Crippen LogP contribution in [0.4, 0.5) is 11.5 Å². The van der Waals surface area contributed by atoms with Gasteiger partial charge in [0.2, 0.25) is 0 Å². The number of nitrogens with zero attached hydrogens (tertiary/aromatic N) is 4. The smallest absolute Gasteiger partial charge is 0.260 e. The van der Waals surface area contributed by atoms with E-state index >= 15 is 0 Å². The van der Waals surface area contributed by atoms with E-state index in [9.17, 15) is 0 Å². The Hall–Kier alpha value is -3.41. The molecule has 0 amide bonds. The molecule has 4 aromatic rings. The summed E-state index contributed by atoms with van der Waals surface area (Å²) in [6.07, 6.45) is 1.83. The average molecular weight is 373 g/mol. The summed E-state index contributed by atoms with van der Waals surface area (Å²) in [4.78, 5) is 11.2. The highest BCUT2D eigenvalue weighted by Gasteiger charge is 2.13. The zero-order valence-electron chi connectivity index (χ0n) is 16.1. The third-order valence-corrected chi connectivity index (χ3v) is 4.63. The van der Waals surface area contributed by atoms with Gasteiger partial charge in [-0.1, -0.05) is 41.6 Å². The highest BCUT2D eigenvalue weighted by atomic mass is 16.5. The second-order valence-electron chi connectivity index (χ2n) is 6.78. The first kappa shape index (κ1) is 18.0. The number of rotatable bonds is 7. The van der Waals surface area contributed by atoms with Crippen LogP contribution in [0.5, 0.6) is 0 Å². The van der Waals surface area contributed by atoms with Crippen LogP contribution in [-0.4, -0.2) is 28.2 Å². The molecule has 1 aromatic carbocycles. The quantitative estimate of drug-likeness (QED) is 0.519. The standard InChI is InChI=1S/C22H23N5O/c1-16-14-19(21-17(2)26-28-22(21)25-16)23-12-13-27(20-10-6-7-11-24-20)15-18-8-4-3-5-9-18/h3-11,14H,12-13,15H2,1-2H3,(H,23,25). The van der Waals surface area contributed by atoms with Gasteiger partial charge in [0.05, 0.1) is 16.8 Å². The second kappa shape index (κ2) is 8.08. The Balaban J connectivity index is 1.51. The molecule has 3 aromatic heterocycles. The minimum atomic E-state index is 0.575. The minimum absolute atomic E-state index is 0.575. The molecule has 0 atom stereocenters. The molecule has 28 heavy (non-hydrogen) atoms. The molecule has 0 spiro atoms. The van der Waals surface area contributed by atoms with E-state index in [1.807, 2.05) is 50.4 Å². The molecule has 3 heterocycles. The minimum Gasteiger partial charge on any atom is -0.383 e. The first-order valence-corrected chi connectivity index (χ1v) is 9.38. The first-order chi connectivity index (χ1) is 13.7. The van der Waals surface area contributed by atoms with E-state index in [2.05, 4.69) is 49.6 Å². The number of pyridine rings is 2. The van der Waals surface area contributed by atoms with Crippen molar-refractivity contribution in [2.75, 3.05) is 23.3 Å². The van der Waals surface area contributed by atoms with Crippen molar-refractivity contribution in [3.63, 3.8) is 0 Å². The Morgan fingerprint density at radius 2 is 1.86 bits per heavy atom. The molecule has 6 heteroatoms. The van der Waals surface area contributed by atoms with Crippen LogP contribution in [0.2, 0.25) is 0 Å². The highest BCUT2D eigenvalue weighted by molar-refractivity contribution is 5.90. The molecule has 0 bridgehead atoms. The SMILES string of the molecule is Cc1cc(NCCN(Cc2ccccc2)c2ccccn2)c2c(C)noc2n1. The molecule has 0 unspecified atom stereocenters. The van der Waals surface area contributed by atoms with E-state index in [0.717, 1.165) is 47.9 Å². The van der Waals surface area contributed by atoms with Gasteiger partial charge < -0.3 is 14.7 Å². The molecule has 6 nitrogen and oxygen atoms in total. The molecule has 1 N–H and O–H groups in total. The summed E-state index contributed by atoms with van der Waals surface area (Å²) >= 11 is 0.